The number of benzene rings is 1. The lowest BCUT2D eigenvalue weighted by atomic mass is 10.2. The molecule has 0 unspecified atom stereocenters. The van der Waals surface area contributed by atoms with Crippen molar-refractivity contribution in [2.75, 3.05) is 6.54 Å². The number of hydrogen-bond acceptors (Lipinski definition) is 3. The molecule has 0 saturated carbocycles. The van der Waals surface area contributed by atoms with Gasteiger partial charge in [0.05, 0.1) is 11.5 Å². The van der Waals surface area contributed by atoms with Crippen molar-refractivity contribution in [3.63, 3.8) is 0 Å². The van der Waals surface area contributed by atoms with Crippen LogP contribution in [0.3, 0.4) is 0 Å². The Kier molecular flexibility index (Phi) is 5.65. The van der Waals surface area contributed by atoms with Crippen LogP contribution in [0.4, 0.5) is 13.2 Å². The third kappa shape index (κ3) is 4.57. The second-order valence-corrected chi connectivity index (χ2v) is 6.97. The molecular weight excluding hydrogens is 331 g/mol. The van der Waals surface area contributed by atoms with Crippen LogP contribution in [0.25, 0.3) is 0 Å². The van der Waals surface area contributed by atoms with Crippen LogP contribution in [-0.2, 0) is 16.6 Å². The standard InChI is InChI=1S/C12H15ClF3NO3S/c1-8(2)17(7-12(14,15)16)21(19,20)10-3-4-11(13)9(5-10)6-18/h3-5,8,18H,6-7H2,1-2H3. The number of rotatable bonds is 5. The first kappa shape index (κ1) is 18.2. The van der Waals surface area contributed by atoms with E-state index >= 15 is 0 Å². The molecule has 0 saturated heterocycles. The minimum atomic E-state index is -4.65. The summed E-state index contributed by atoms with van der Waals surface area (Å²) in [6, 6.07) is 2.54. The maximum absolute atomic E-state index is 12.6. The van der Waals surface area contributed by atoms with Gasteiger partial charge in [-0.05, 0) is 37.6 Å². The van der Waals surface area contributed by atoms with Gasteiger partial charge in [-0.3, -0.25) is 0 Å². The van der Waals surface area contributed by atoms with E-state index in [1.807, 2.05) is 0 Å². The molecule has 0 spiro atoms. The summed E-state index contributed by atoms with van der Waals surface area (Å²) in [6.07, 6.45) is -4.65. The zero-order valence-electron chi connectivity index (χ0n) is 11.4. The van der Waals surface area contributed by atoms with Gasteiger partial charge in [0.25, 0.3) is 0 Å². The van der Waals surface area contributed by atoms with Gasteiger partial charge in [-0.2, -0.15) is 17.5 Å². The predicted octanol–water partition coefficient (Wildman–Crippen LogP) is 2.79. The Balaban J connectivity index is 3.29. The van der Waals surface area contributed by atoms with E-state index in [-0.39, 0.29) is 15.5 Å². The molecule has 0 aliphatic carbocycles. The van der Waals surface area contributed by atoms with E-state index in [9.17, 15) is 21.6 Å². The lowest BCUT2D eigenvalue weighted by Crippen LogP contribution is -2.43. The summed E-state index contributed by atoms with van der Waals surface area (Å²) in [5.41, 5.74) is 0.133. The Morgan fingerprint density at radius 1 is 1.33 bits per heavy atom. The highest BCUT2D eigenvalue weighted by molar-refractivity contribution is 7.89. The van der Waals surface area contributed by atoms with Crippen molar-refractivity contribution in [2.24, 2.45) is 0 Å². The molecule has 1 rings (SSSR count). The van der Waals surface area contributed by atoms with Gasteiger partial charge in [0.2, 0.25) is 10.0 Å². The molecule has 1 aromatic carbocycles. The zero-order chi connectivity index (χ0) is 16.4. The maximum atomic E-state index is 12.6. The highest BCUT2D eigenvalue weighted by Gasteiger charge is 2.38. The molecule has 0 fully saturated rings. The van der Waals surface area contributed by atoms with Gasteiger partial charge in [-0.15, -0.1) is 0 Å². The van der Waals surface area contributed by atoms with Gasteiger partial charge < -0.3 is 5.11 Å². The van der Waals surface area contributed by atoms with E-state index in [4.69, 9.17) is 16.7 Å². The first-order chi connectivity index (χ1) is 9.49. The van der Waals surface area contributed by atoms with E-state index in [1.54, 1.807) is 0 Å². The molecule has 120 valence electrons. The smallest absolute Gasteiger partial charge is 0.392 e. The first-order valence-electron chi connectivity index (χ1n) is 5.97. The van der Waals surface area contributed by atoms with Crippen LogP contribution in [0.5, 0.6) is 0 Å². The molecule has 0 aliphatic heterocycles. The summed E-state index contributed by atoms with van der Waals surface area (Å²) in [6.45, 7) is 0.617. The summed E-state index contributed by atoms with van der Waals surface area (Å²) in [5.74, 6) is 0. The Morgan fingerprint density at radius 3 is 2.33 bits per heavy atom. The Morgan fingerprint density at radius 2 is 1.90 bits per heavy atom. The molecular formula is C12H15ClF3NO3S. The van der Waals surface area contributed by atoms with Crippen molar-refractivity contribution in [1.29, 1.82) is 0 Å². The van der Waals surface area contributed by atoms with E-state index in [0.29, 0.717) is 4.31 Å². The number of alkyl halides is 3. The van der Waals surface area contributed by atoms with Crippen LogP contribution in [0.15, 0.2) is 23.1 Å². The number of halogens is 4. The molecule has 0 atom stereocenters. The van der Waals surface area contributed by atoms with Gasteiger partial charge in [0.15, 0.2) is 0 Å². The van der Waals surface area contributed by atoms with Crippen molar-refractivity contribution in [3.05, 3.63) is 28.8 Å². The lowest BCUT2D eigenvalue weighted by Gasteiger charge is -2.27. The number of hydrogen-bond donors (Lipinski definition) is 1. The number of aliphatic hydroxyl groups is 1. The first-order valence-corrected chi connectivity index (χ1v) is 7.78. The summed E-state index contributed by atoms with van der Waals surface area (Å²) < 4.78 is 62.7. The monoisotopic (exact) mass is 345 g/mol. The second-order valence-electron chi connectivity index (χ2n) is 4.67. The molecule has 4 nitrogen and oxygen atoms in total. The van der Waals surface area contributed by atoms with Gasteiger partial charge in [0, 0.05) is 11.1 Å². The predicted molar refractivity (Wildman–Crippen MR) is 72.5 cm³/mol. The highest BCUT2D eigenvalue weighted by atomic mass is 35.5. The topological polar surface area (TPSA) is 57.6 Å². The summed E-state index contributed by atoms with van der Waals surface area (Å²) in [4.78, 5) is -0.339. The minimum absolute atomic E-state index is 0.133. The summed E-state index contributed by atoms with van der Waals surface area (Å²) in [7, 11) is -4.34. The number of aliphatic hydroxyl groups excluding tert-OH is 1. The Labute approximate surface area is 126 Å². The molecule has 0 radical (unpaired) electrons. The van der Waals surface area contributed by atoms with Crippen molar-refractivity contribution >= 4 is 21.6 Å². The van der Waals surface area contributed by atoms with Crippen LogP contribution in [0.2, 0.25) is 5.02 Å². The molecule has 9 heteroatoms. The summed E-state index contributed by atoms with van der Waals surface area (Å²) in [5, 5.41) is 9.21. The van der Waals surface area contributed by atoms with Gasteiger partial charge in [-0.25, -0.2) is 8.42 Å². The van der Waals surface area contributed by atoms with E-state index in [2.05, 4.69) is 0 Å². The molecule has 0 aromatic heterocycles. The zero-order valence-corrected chi connectivity index (χ0v) is 12.9. The van der Waals surface area contributed by atoms with Crippen molar-refractivity contribution in [2.45, 2.75) is 37.6 Å². The van der Waals surface area contributed by atoms with E-state index in [0.717, 1.165) is 12.1 Å². The Bertz CT molecular complexity index is 602. The lowest BCUT2D eigenvalue weighted by molar-refractivity contribution is -0.138. The molecule has 0 bridgehead atoms. The molecule has 21 heavy (non-hydrogen) atoms. The fraction of sp³-hybridized carbons (Fsp3) is 0.500. The van der Waals surface area contributed by atoms with Gasteiger partial charge in [0.1, 0.15) is 6.54 Å². The van der Waals surface area contributed by atoms with Crippen molar-refractivity contribution in [1.82, 2.24) is 4.31 Å². The molecule has 0 amide bonds. The minimum Gasteiger partial charge on any atom is -0.392 e. The van der Waals surface area contributed by atoms with E-state index < -0.39 is 35.4 Å². The molecule has 1 aromatic rings. The number of sulfonamides is 1. The molecule has 1 N–H and O–H groups in total. The normalized spacial score (nSPS) is 13.2. The fourth-order valence-electron chi connectivity index (χ4n) is 1.69. The van der Waals surface area contributed by atoms with Crippen molar-refractivity contribution in [3.8, 4) is 0 Å². The second kappa shape index (κ2) is 6.51. The highest BCUT2D eigenvalue weighted by Crippen LogP contribution is 2.27. The van der Waals surface area contributed by atoms with Gasteiger partial charge >= 0.3 is 6.18 Å². The third-order valence-electron chi connectivity index (χ3n) is 2.71. The quantitative estimate of drug-likeness (QED) is 0.892. The average Bonchev–Trinajstić information content (AvgIpc) is 2.34. The van der Waals surface area contributed by atoms with Crippen LogP contribution in [-0.4, -0.2) is 36.6 Å². The summed E-state index contributed by atoms with van der Waals surface area (Å²) >= 11 is 5.75. The molecule has 0 heterocycles. The van der Waals surface area contributed by atoms with Gasteiger partial charge in [-0.1, -0.05) is 11.6 Å². The maximum Gasteiger partial charge on any atom is 0.402 e. The Hall–Kier alpha value is -0.830. The fourth-order valence-corrected chi connectivity index (χ4v) is 3.54. The van der Waals surface area contributed by atoms with Crippen molar-refractivity contribution < 1.29 is 26.7 Å². The van der Waals surface area contributed by atoms with Crippen LogP contribution < -0.4 is 0 Å². The van der Waals surface area contributed by atoms with Crippen LogP contribution in [0, 0.1) is 0 Å². The van der Waals surface area contributed by atoms with E-state index in [1.165, 1.54) is 19.9 Å². The largest absolute Gasteiger partial charge is 0.402 e. The van der Waals surface area contributed by atoms with Crippen LogP contribution in [0.1, 0.15) is 19.4 Å². The molecule has 0 aliphatic rings. The third-order valence-corrected chi connectivity index (χ3v) is 5.09. The SMILES string of the molecule is CC(C)N(CC(F)(F)F)S(=O)(=O)c1ccc(Cl)c(CO)c1. The van der Waals surface area contributed by atoms with Crippen LogP contribution >= 0.6 is 11.6 Å². The number of nitrogens with zero attached hydrogens (tertiary/aromatic N) is 1. The average molecular weight is 346 g/mol.